The monoisotopic (exact) mass is 262 g/mol. The summed E-state index contributed by atoms with van der Waals surface area (Å²) in [7, 11) is 0. The molecule has 1 aliphatic heterocycles. The fourth-order valence-corrected chi connectivity index (χ4v) is 2.24. The van der Waals surface area contributed by atoms with E-state index in [2.05, 4.69) is 10.6 Å². The Hall–Kier alpha value is -2.11. The minimum atomic E-state index is -0.646. The number of imide groups is 1. The molecule has 0 radical (unpaired) electrons. The van der Waals surface area contributed by atoms with Gasteiger partial charge >= 0.3 is 0 Å². The molecule has 3 rings (SSSR count). The molecule has 6 heteroatoms. The van der Waals surface area contributed by atoms with E-state index in [0.29, 0.717) is 23.7 Å². The summed E-state index contributed by atoms with van der Waals surface area (Å²) in [6.07, 6.45) is 4.15. The van der Waals surface area contributed by atoms with Crippen LogP contribution in [-0.4, -0.2) is 23.8 Å². The predicted octanol–water partition coefficient (Wildman–Crippen LogP) is 0.692. The van der Waals surface area contributed by atoms with Crippen molar-refractivity contribution in [1.29, 1.82) is 0 Å². The molecule has 0 spiro atoms. The Balaban J connectivity index is 1.69. The van der Waals surface area contributed by atoms with Crippen LogP contribution < -0.4 is 10.6 Å². The molecule has 0 bridgehead atoms. The van der Waals surface area contributed by atoms with Crippen LogP contribution in [0, 0.1) is 0 Å². The maximum atomic E-state index is 12.1. The first-order chi connectivity index (χ1) is 9.15. The first-order valence-electron chi connectivity index (χ1n) is 6.37. The van der Waals surface area contributed by atoms with Gasteiger partial charge in [-0.15, -0.1) is 0 Å². The predicted molar refractivity (Wildman–Crippen MR) is 64.3 cm³/mol. The zero-order chi connectivity index (χ0) is 13.4. The second-order valence-electron chi connectivity index (χ2n) is 4.95. The van der Waals surface area contributed by atoms with Gasteiger partial charge in [0, 0.05) is 12.3 Å². The number of nitrogens with one attached hydrogen (secondary N) is 2. The van der Waals surface area contributed by atoms with E-state index in [0.717, 1.165) is 12.8 Å². The molecule has 100 valence electrons. The van der Waals surface area contributed by atoms with Crippen molar-refractivity contribution in [2.45, 2.75) is 37.6 Å². The molecule has 1 aliphatic carbocycles. The highest BCUT2D eigenvalue weighted by Gasteiger charge is 2.33. The molecule has 1 aromatic heterocycles. The number of furan rings is 1. The van der Waals surface area contributed by atoms with Gasteiger partial charge in [-0.25, -0.2) is 0 Å². The van der Waals surface area contributed by atoms with E-state index in [4.69, 9.17) is 4.42 Å². The topological polar surface area (TPSA) is 88.4 Å². The highest BCUT2D eigenvalue weighted by molar-refractivity contribution is 6.04. The number of hydrogen-bond acceptors (Lipinski definition) is 4. The van der Waals surface area contributed by atoms with Gasteiger partial charge in [-0.3, -0.25) is 19.7 Å². The van der Waals surface area contributed by atoms with Gasteiger partial charge in [0.25, 0.3) is 5.91 Å². The first kappa shape index (κ1) is 12.0. The molecular formula is C13H14N2O4. The van der Waals surface area contributed by atoms with E-state index in [1.165, 1.54) is 6.26 Å². The van der Waals surface area contributed by atoms with E-state index < -0.39 is 11.9 Å². The Labute approximate surface area is 109 Å². The second-order valence-corrected chi connectivity index (χ2v) is 4.95. The molecule has 1 atom stereocenters. The maximum Gasteiger partial charge on any atom is 0.255 e. The quantitative estimate of drug-likeness (QED) is 0.784. The average Bonchev–Trinajstić information content (AvgIpc) is 3.10. The summed E-state index contributed by atoms with van der Waals surface area (Å²) in [6, 6.07) is 0.974. The lowest BCUT2D eigenvalue weighted by atomic mass is 10.1. The third-order valence-corrected chi connectivity index (χ3v) is 3.43. The summed E-state index contributed by atoms with van der Waals surface area (Å²) in [4.78, 5) is 34.7. The van der Waals surface area contributed by atoms with E-state index in [1.54, 1.807) is 6.07 Å². The van der Waals surface area contributed by atoms with Gasteiger partial charge in [-0.05, 0) is 25.3 Å². The Morgan fingerprint density at radius 3 is 2.79 bits per heavy atom. The zero-order valence-electron chi connectivity index (χ0n) is 10.3. The lowest BCUT2D eigenvalue weighted by Crippen LogP contribution is -2.52. The summed E-state index contributed by atoms with van der Waals surface area (Å²) in [5, 5.41) is 4.87. The molecule has 2 aliphatic rings. The van der Waals surface area contributed by atoms with Crippen LogP contribution in [-0.2, 0) is 9.59 Å². The van der Waals surface area contributed by atoms with Crippen molar-refractivity contribution in [3.05, 3.63) is 23.7 Å². The van der Waals surface area contributed by atoms with Gasteiger partial charge in [0.2, 0.25) is 11.8 Å². The SMILES string of the molecule is O=C1CCC(NC(=O)c2ccoc2C2CC2)C(=O)N1. The van der Waals surface area contributed by atoms with Gasteiger partial charge in [-0.2, -0.15) is 0 Å². The lowest BCUT2D eigenvalue weighted by Gasteiger charge is -2.21. The molecule has 0 aromatic carbocycles. The fourth-order valence-electron chi connectivity index (χ4n) is 2.24. The van der Waals surface area contributed by atoms with Crippen molar-refractivity contribution in [2.75, 3.05) is 0 Å². The van der Waals surface area contributed by atoms with E-state index in [1.807, 2.05) is 0 Å². The van der Waals surface area contributed by atoms with Crippen molar-refractivity contribution in [3.63, 3.8) is 0 Å². The number of hydrogen-bond donors (Lipinski definition) is 2. The Morgan fingerprint density at radius 2 is 2.11 bits per heavy atom. The normalized spacial score (nSPS) is 23.1. The minimum Gasteiger partial charge on any atom is -0.468 e. The van der Waals surface area contributed by atoms with Crippen LogP contribution >= 0.6 is 0 Å². The molecule has 1 saturated heterocycles. The number of carbonyl (C=O) groups excluding carboxylic acids is 3. The summed E-state index contributed by atoms with van der Waals surface area (Å²) < 4.78 is 5.33. The molecule has 1 unspecified atom stereocenters. The summed E-state index contributed by atoms with van der Waals surface area (Å²) >= 11 is 0. The number of amides is 3. The number of piperidine rings is 1. The Morgan fingerprint density at radius 1 is 1.32 bits per heavy atom. The third-order valence-electron chi connectivity index (χ3n) is 3.43. The van der Waals surface area contributed by atoms with Gasteiger partial charge in [0.1, 0.15) is 11.8 Å². The van der Waals surface area contributed by atoms with Gasteiger partial charge < -0.3 is 9.73 Å². The molecule has 2 heterocycles. The van der Waals surface area contributed by atoms with Gasteiger partial charge in [0.15, 0.2) is 0 Å². The highest BCUT2D eigenvalue weighted by atomic mass is 16.3. The van der Waals surface area contributed by atoms with Crippen LogP contribution in [0.1, 0.15) is 47.7 Å². The van der Waals surface area contributed by atoms with E-state index in [-0.39, 0.29) is 18.2 Å². The fraction of sp³-hybridized carbons (Fsp3) is 0.462. The molecule has 1 aromatic rings. The van der Waals surface area contributed by atoms with Crippen molar-refractivity contribution in [2.24, 2.45) is 0 Å². The average molecular weight is 262 g/mol. The standard InChI is InChI=1S/C13H14N2O4/c16-10-4-3-9(13(18)15-10)14-12(17)8-5-6-19-11(8)7-1-2-7/h5-7,9H,1-4H2,(H,14,17)(H,15,16,18). The lowest BCUT2D eigenvalue weighted by molar-refractivity contribution is -0.134. The minimum absolute atomic E-state index is 0.248. The molecule has 2 N–H and O–H groups in total. The van der Waals surface area contributed by atoms with Crippen molar-refractivity contribution in [1.82, 2.24) is 10.6 Å². The molecule has 6 nitrogen and oxygen atoms in total. The van der Waals surface area contributed by atoms with Crippen LogP contribution in [0.15, 0.2) is 16.7 Å². The van der Waals surface area contributed by atoms with E-state index in [9.17, 15) is 14.4 Å². The smallest absolute Gasteiger partial charge is 0.255 e. The van der Waals surface area contributed by atoms with Gasteiger partial charge in [0.05, 0.1) is 11.8 Å². The Kier molecular flexibility index (Phi) is 2.85. The van der Waals surface area contributed by atoms with Crippen LogP contribution in [0.4, 0.5) is 0 Å². The van der Waals surface area contributed by atoms with E-state index >= 15 is 0 Å². The molecular weight excluding hydrogens is 248 g/mol. The Bertz CT molecular complexity index is 545. The van der Waals surface area contributed by atoms with Crippen LogP contribution in [0.25, 0.3) is 0 Å². The molecule has 2 fully saturated rings. The van der Waals surface area contributed by atoms with Crippen molar-refractivity contribution >= 4 is 17.7 Å². The van der Waals surface area contributed by atoms with Crippen LogP contribution in [0.5, 0.6) is 0 Å². The molecule has 3 amide bonds. The maximum absolute atomic E-state index is 12.1. The zero-order valence-corrected chi connectivity index (χ0v) is 10.3. The molecule has 1 saturated carbocycles. The number of carbonyl (C=O) groups is 3. The van der Waals surface area contributed by atoms with Crippen molar-refractivity contribution < 1.29 is 18.8 Å². The molecule has 19 heavy (non-hydrogen) atoms. The summed E-state index contributed by atoms with van der Waals surface area (Å²) in [5.41, 5.74) is 0.493. The van der Waals surface area contributed by atoms with Gasteiger partial charge in [-0.1, -0.05) is 0 Å². The van der Waals surface area contributed by atoms with Crippen molar-refractivity contribution in [3.8, 4) is 0 Å². The van der Waals surface area contributed by atoms with Crippen LogP contribution in [0.2, 0.25) is 0 Å². The largest absolute Gasteiger partial charge is 0.468 e. The van der Waals surface area contributed by atoms with Crippen LogP contribution in [0.3, 0.4) is 0 Å². The first-order valence-corrected chi connectivity index (χ1v) is 6.37. The highest BCUT2D eigenvalue weighted by Crippen LogP contribution is 2.42. The third kappa shape index (κ3) is 2.38. The number of rotatable bonds is 3. The second kappa shape index (κ2) is 4.53. The summed E-state index contributed by atoms with van der Waals surface area (Å²) in [5.74, 6) is -0.0222. The summed E-state index contributed by atoms with van der Waals surface area (Å²) in [6.45, 7) is 0.